The molecule has 0 aliphatic rings. The Morgan fingerprint density at radius 2 is 1.84 bits per heavy atom. The Morgan fingerprint density at radius 1 is 1.37 bits per heavy atom. The van der Waals surface area contributed by atoms with Crippen molar-refractivity contribution in [2.45, 2.75) is 4.90 Å². The van der Waals surface area contributed by atoms with Crippen LogP contribution in [0.1, 0.15) is 0 Å². The molecule has 0 unspecified atom stereocenters. The summed E-state index contributed by atoms with van der Waals surface area (Å²) >= 11 is 14.9. The first kappa shape index (κ1) is 16.7. The minimum atomic E-state index is -3.97. The largest absolute Gasteiger partial charge is 0.468 e. The summed E-state index contributed by atoms with van der Waals surface area (Å²) in [5, 5.41) is -0.0628. The third-order valence-electron chi connectivity index (χ3n) is 2.21. The average Bonchev–Trinajstić information content (AvgIpc) is 2.26. The van der Waals surface area contributed by atoms with Crippen LogP contribution in [0, 0.1) is 0 Å². The van der Waals surface area contributed by atoms with Gasteiger partial charge in [0.2, 0.25) is 10.0 Å². The normalized spacial score (nSPS) is 11.7. The topological polar surface area (TPSA) is 63.7 Å². The molecule has 106 valence electrons. The number of carbonyl (C=O) groups excluding carboxylic acids is 1. The lowest BCUT2D eigenvalue weighted by Crippen LogP contribution is -2.33. The van der Waals surface area contributed by atoms with Gasteiger partial charge in [-0.05, 0) is 12.1 Å². The molecule has 1 rings (SSSR count). The molecular formula is C10H10BrCl2NO4S. The zero-order chi connectivity index (χ0) is 14.8. The van der Waals surface area contributed by atoms with Crippen LogP contribution in [0.25, 0.3) is 0 Å². The SMILES string of the molecule is COC(=O)CN(C)S(=O)(=O)c1c(Cl)cc(Br)cc1Cl. The van der Waals surface area contributed by atoms with Gasteiger partial charge >= 0.3 is 5.97 Å². The third-order valence-corrected chi connectivity index (χ3v) is 5.39. The highest BCUT2D eigenvalue weighted by molar-refractivity contribution is 9.10. The number of methoxy groups -OCH3 is 1. The van der Waals surface area contributed by atoms with Gasteiger partial charge in [-0.15, -0.1) is 0 Å². The number of rotatable bonds is 4. The molecule has 0 spiro atoms. The molecule has 1 aromatic rings. The molecule has 0 aromatic heterocycles. The molecule has 9 heteroatoms. The maximum Gasteiger partial charge on any atom is 0.321 e. The fourth-order valence-electron chi connectivity index (χ4n) is 1.26. The van der Waals surface area contributed by atoms with E-state index >= 15 is 0 Å². The molecule has 0 radical (unpaired) electrons. The molecule has 0 saturated heterocycles. The third kappa shape index (κ3) is 3.82. The van der Waals surface area contributed by atoms with Gasteiger partial charge in [0.25, 0.3) is 0 Å². The van der Waals surface area contributed by atoms with Crippen molar-refractivity contribution >= 4 is 55.1 Å². The summed E-state index contributed by atoms with van der Waals surface area (Å²) in [6, 6.07) is 2.82. The highest BCUT2D eigenvalue weighted by Gasteiger charge is 2.28. The van der Waals surface area contributed by atoms with Crippen LogP contribution in [0.15, 0.2) is 21.5 Å². The van der Waals surface area contributed by atoms with Crippen molar-refractivity contribution in [3.8, 4) is 0 Å². The van der Waals surface area contributed by atoms with Crippen LogP contribution in [-0.4, -0.2) is 39.4 Å². The number of ether oxygens (including phenoxy) is 1. The smallest absolute Gasteiger partial charge is 0.321 e. The minimum Gasteiger partial charge on any atom is -0.468 e. The van der Waals surface area contributed by atoms with Crippen molar-refractivity contribution < 1.29 is 17.9 Å². The van der Waals surface area contributed by atoms with Gasteiger partial charge in [-0.2, -0.15) is 4.31 Å². The Morgan fingerprint density at radius 3 is 2.26 bits per heavy atom. The Balaban J connectivity index is 3.24. The molecule has 0 bridgehead atoms. The number of esters is 1. The van der Waals surface area contributed by atoms with Gasteiger partial charge in [0.15, 0.2) is 0 Å². The Bertz CT molecular complexity index is 583. The van der Waals surface area contributed by atoms with E-state index in [-0.39, 0.29) is 14.9 Å². The molecule has 0 saturated carbocycles. The van der Waals surface area contributed by atoms with E-state index in [2.05, 4.69) is 20.7 Å². The fraction of sp³-hybridized carbons (Fsp3) is 0.300. The van der Waals surface area contributed by atoms with Crippen LogP contribution in [0.2, 0.25) is 10.0 Å². The molecule has 19 heavy (non-hydrogen) atoms. The van der Waals surface area contributed by atoms with E-state index in [0.717, 1.165) is 4.31 Å². The molecule has 5 nitrogen and oxygen atoms in total. The second-order valence-corrected chi connectivity index (χ2v) is 7.25. The lowest BCUT2D eigenvalue weighted by atomic mass is 10.4. The maximum atomic E-state index is 12.3. The van der Waals surface area contributed by atoms with Gasteiger partial charge in [-0.25, -0.2) is 8.42 Å². The van der Waals surface area contributed by atoms with Crippen molar-refractivity contribution in [2.24, 2.45) is 0 Å². The van der Waals surface area contributed by atoms with Crippen molar-refractivity contribution in [1.29, 1.82) is 0 Å². The second-order valence-electron chi connectivity index (χ2n) is 3.54. The predicted octanol–water partition coefficient (Wildman–Crippen LogP) is 2.55. The maximum absolute atomic E-state index is 12.3. The predicted molar refractivity (Wildman–Crippen MR) is 76.0 cm³/mol. The minimum absolute atomic E-state index is 0.0314. The van der Waals surface area contributed by atoms with Gasteiger partial charge in [-0.1, -0.05) is 39.1 Å². The molecule has 1 aromatic carbocycles. The highest BCUT2D eigenvalue weighted by atomic mass is 79.9. The van der Waals surface area contributed by atoms with E-state index in [9.17, 15) is 13.2 Å². The Kier molecular flexibility index (Phi) is 5.64. The highest BCUT2D eigenvalue weighted by Crippen LogP contribution is 2.34. The number of sulfonamides is 1. The van der Waals surface area contributed by atoms with E-state index in [1.807, 2.05) is 0 Å². The van der Waals surface area contributed by atoms with Gasteiger partial charge < -0.3 is 4.74 Å². The first-order chi connectivity index (χ1) is 8.70. The first-order valence-electron chi connectivity index (χ1n) is 4.88. The first-order valence-corrected chi connectivity index (χ1v) is 7.86. The van der Waals surface area contributed by atoms with Crippen molar-refractivity contribution in [1.82, 2.24) is 4.31 Å². The number of hydrogen-bond donors (Lipinski definition) is 0. The molecule has 0 N–H and O–H groups in total. The van der Waals surface area contributed by atoms with Gasteiger partial charge in [-0.3, -0.25) is 4.79 Å². The van der Waals surface area contributed by atoms with Gasteiger partial charge in [0.1, 0.15) is 11.4 Å². The molecule has 0 amide bonds. The summed E-state index contributed by atoms with van der Waals surface area (Å²) in [5.74, 6) is -0.685. The van der Waals surface area contributed by atoms with Crippen LogP contribution in [0.4, 0.5) is 0 Å². The summed E-state index contributed by atoms with van der Waals surface area (Å²) in [6.07, 6.45) is 0. The van der Waals surface area contributed by atoms with Crippen LogP contribution >= 0.6 is 39.1 Å². The van der Waals surface area contributed by atoms with E-state index in [4.69, 9.17) is 23.2 Å². The van der Waals surface area contributed by atoms with E-state index in [1.54, 1.807) is 0 Å². The number of hydrogen-bond acceptors (Lipinski definition) is 4. The molecule has 0 aliphatic heterocycles. The molecule has 0 heterocycles. The van der Waals surface area contributed by atoms with E-state index in [1.165, 1.54) is 26.3 Å². The summed E-state index contributed by atoms with van der Waals surface area (Å²) in [4.78, 5) is 10.9. The number of benzene rings is 1. The number of nitrogens with zero attached hydrogens (tertiary/aromatic N) is 1. The monoisotopic (exact) mass is 389 g/mol. The van der Waals surface area contributed by atoms with Crippen molar-refractivity contribution in [3.05, 3.63) is 26.7 Å². The van der Waals surface area contributed by atoms with Crippen LogP contribution in [-0.2, 0) is 19.6 Å². The summed E-state index contributed by atoms with van der Waals surface area (Å²) in [6.45, 7) is -0.429. The average molecular weight is 391 g/mol. The standard InChI is InChI=1S/C10H10BrCl2NO4S/c1-14(5-9(15)18-2)19(16,17)10-7(12)3-6(11)4-8(10)13/h3-4H,5H2,1-2H3. The second kappa shape index (κ2) is 6.41. The quantitative estimate of drug-likeness (QED) is 0.741. The van der Waals surface area contributed by atoms with Gasteiger partial charge in [0.05, 0.1) is 17.2 Å². The van der Waals surface area contributed by atoms with Crippen LogP contribution in [0.5, 0.6) is 0 Å². The van der Waals surface area contributed by atoms with Crippen molar-refractivity contribution in [2.75, 3.05) is 20.7 Å². The zero-order valence-corrected chi connectivity index (χ0v) is 13.9. The Labute approximate surface area is 129 Å². The number of likely N-dealkylation sites (N-methyl/N-ethyl adjacent to an activating group) is 1. The molecule has 0 atom stereocenters. The lowest BCUT2D eigenvalue weighted by molar-refractivity contribution is -0.140. The molecule has 0 fully saturated rings. The van der Waals surface area contributed by atoms with Crippen LogP contribution in [0.3, 0.4) is 0 Å². The lowest BCUT2D eigenvalue weighted by Gasteiger charge is -2.17. The van der Waals surface area contributed by atoms with Crippen LogP contribution < -0.4 is 0 Å². The number of halogens is 3. The summed E-state index contributed by atoms with van der Waals surface area (Å²) < 4.78 is 30.3. The van der Waals surface area contributed by atoms with E-state index < -0.39 is 22.5 Å². The van der Waals surface area contributed by atoms with E-state index in [0.29, 0.717) is 4.47 Å². The summed E-state index contributed by atoms with van der Waals surface area (Å²) in [5.41, 5.74) is 0. The zero-order valence-electron chi connectivity index (χ0n) is 9.98. The fourth-order valence-corrected chi connectivity index (χ4v) is 4.25. The molecule has 0 aliphatic carbocycles. The van der Waals surface area contributed by atoms with Gasteiger partial charge in [0, 0.05) is 11.5 Å². The molecular weight excluding hydrogens is 381 g/mol. The Hall–Kier alpha value is -0.340. The van der Waals surface area contributed by atoms with Crippen molar-refractivity contribution in [3.63, 3.8) is 0 Å². The summed E-state index contributed by atoms with van der Waals surface area (Å²) in [7, 11) is -1.57. The number of carbonyl (C=O) groups is 1.